The second kappa shape index (κ2) is 4.91. The van der Waals surface area contributed by atoms with Crippen LogP contribution in [0.3, 0.4) is 0 Å². The molecule has 0 aliphatic rings. The molecular weight excluding hydrogens is 240 g/mol. The molecule has 0 radical (unpaired) electrons. The van der Waals surface area contributed by atoms with Crippen LogP contribution in [0.2, 0.25) is 0 Å². The van der Waals surface area contributed by atoms with Crippen molar-refractivity contribution < 1.29 is 18.3 Å². The zero-order valence-corrected chi connectivity index (χ0v) is 9.48. The highest BCUT2D eigenvalue weighted by atomic mass is 19.1. The van der Waals surface area contributed by atoms with Gasteiger partial charge in [0.2, 0.25) is 0 Å². The number of benzene rings is 1. The molecule has 18 heavy (non-hydrogen) atoms. The van der Waals surface area contributed by atoms with Gasteiger partial charge in [0.15, 0.2) is 0 Å². The molecule has 0 bridgehead atoms. The van der Waals surface area contributed by atoms with Crippen LogP contribution in [0.1, 0.15) is 10.4 Å². The lowest BCUT2D eigenvalue weighted by Crippen LogP contribution is -2.09. The number of nitrogens with zero attached hydrogens (tertiary/aromatic N) is 1. The number of carbonyl (C=O) groups excluding carboxylic acids is 1. The summed E-state index contributed by atoms with van der Waals surface area (Å²) in [6.45, 7) is 0. The van der Waals surface area contributed by atoms with Gasteiger partial charge in [-0.3, -0.25) is 4.98 Å². The Balaban J connectivity index is 2.62. The van der Waals surface area contributed by atoms with Crippen molar-refractivity contribution >= 4 is 5.97 Å². The van der Waals surface area contributed by atoms with Gasteiger partial charge in [-0.2, -0.15) is 0 Å². The van der Waals surface area contributed by atoms with E-state index in [1.165, 1.54) is 12.3 Å². The van der Waals surface area contributed by atoms with Crippen LogP contribution in [-0.2, 0) is 4.74 Å². The highest BCUT2D eigenvalue weighted by molar-refractivity contribution is 5.91. The van der Waals surface area contributed by atoms with Gasteiger partial charge in [0.25, 0.3) is 0 Å². The normalized spacial score (nSPS) is 10.2. The maximum absolute atomic E-state index is 14.1. The Hall–Kier alpha value is -2.30. The largest absolute Gasteiger partial charge is 0.465 e. The first-order valence-electron chi connectivity index (χ1n) is 5.13. The predicted molar refractivity (Wildman–Crippen MR) is 60.9 cm³/mol. The van der Waals surface area contributed by atoms with Gasteiger partial charge in [0.05, 0.1) is 12.8 Å². The predicted octanol–water partition coefficient (Wildman–Crippen LogP) is 2.81. The molecular formula is C13H9F2NO2. The summed E-state index contributed by atoms with van der Waals surface area (Å²) >= 11 is 0. The molecule has 0 amide bonds. The summed E-state index contributed by atoms with van der Waals surface area (Å²) in [5.74, 6) is -2.98. The molecule has 1 aromatic carbocycles. The topological polar surface area (TPSA) is 39.2 Å². The van der Waals surface area contributed by atoms with Gasteiger partial charge in [0.1, 0.15) is 17.2 Å². The molecule has 0 spiro atoms. The van der Waals surface area contributed by atoms with Gasteiger partial charge in [0, 0.05) is 11.8 Å². The number of rotatable bonds is 2. The van der Waals surface area contributed by atoms with Crippen molar-refractivity contribution in [2.45, 2.75) is 0 Å². The minimum absolute atomic E-state index is 0.0531. The standard InChI is InChI=1S/C13H9F2NO2/c1-18-13(17)11-9(14)6-5-8(12(11)15)10-4-2-3-7-16-10/h2-7H,1H3. The number of pyridine rings is 1. The average molecular weight is 249 g/mol. The second-order valence-corrected chi connectivity index (χ2v) is 3.49. The van der Waals surface area contributed by atoms with E-state index in [0.717, 1.165) is 13.2 Å². The number of ether oxygens (including phenoxy) is 1. The maximum atomic E-state index is 14.1. The van der Waals surface area contributed by atoms with E-state index in [4.69, 9.17) is 0 Å². The van der Waals surface area contributed by atoms with Crippen LogP contribution in [0.15, 0.2) is 36.5 Å². The molecule has 0 saturated heterocycles. The van der Waals surface area contributed by atoms with E-state index >= 15 is 0 Å². The zero-order valence-electron chi connectivity index (χ0n) is 9.48. The number of carbonyl (C=O) groups is 1. The molecule has 0 saturated carbocycles. The first-order valence-corrected chi connectivity index (χ1v) is 5.13. The fourth-order valence-corrected chi connectivity index (χ4v) is 1.56. The first-order chi connectivity index (χ1) is 8.65. The van der Waals surface area contributed by atoms with E-state index in [2.05, 4.69) is 9.72 Å². The number of hydrogen-bond donors (Lipinski definition) is 0. The second-order valence-electron chi connectivity index (χ2n) is 3.49. The summed E-state index contributed by atoms with van der Waals surface area (Å²) in [6, 6.07) is 7.16. The molecule has 92 valence electrons. The van der Waals surface area contributed by atoms with Crippen molar-refractivity contribution in [2.75, 3.05) is 7.11 Å². The van der Waals surface area contributed by atoms with Crippen molar-refractivity contribution in [1.82, 2.24) is 4.98 Å². The van der Waals surface area contributed by atoms with E-state index < -0.39 is 23.2 Å². The Kier molecular flexibility index (Phi) is 3.32. The van der Waals surface area contributed by atoms with Gasteiger partial charge >= 0.3 is 5.97 Å². The highest BCUT2D eigenvalue weighted by Gasteiger charge is 2.21. The Morgan fingerprint density at radius 2 is 2.00 bits per heavy atom. The summed E-state index contributed by atoms with van der Waals surface area (Å²) in [4.78, 5) is 15.3. The Labute approximate surface area is 102 Å². The van der Waals surface area contributed by atoms with Crippen LogP contribution >= 0.6 is 0 Å². The number of halogens is 2. The summed E-state index contributed by atoms with van der Waals surface area (Å²) in [7, 11) is 1.06. The van der Waals surface area contributed by atoms with Crippen LogP contribution in [-0.4, -0.2) is 18.1 Å². The van der Waals surface area contributed by atoms with Crippen LogP contribution in [0.4, 0.5) is 8.78 Å². The van der Waals surface area contributed by atoms with E-state index in [1.807, 2.05) is 0 Å². The van der Waals surface area contributed by atoms with Crippen molar-refractivity contribution in [3.05, 3.63) is 53.7 Å². The Morgan fingerprint density at radius 3 is 2.61 bits per heavy atom. The van der Waals surface area contributed by atoms with Gasteiger partial charge in [-0.15, -0.1) is 0 Å². The van der Waals surface area contributed by atoms with Crippen molar-refractivity contribution in [3.63, 3.8) is 0 Å². The van der Waals surface area contributed by atoms with Gasteiger partial charge < -0.3 is 4.74 Å². The van der Waals surface area contributed by atoms with Crippen molar-refractivity contribution in [3.8, 4) is 11.3 Å². The number of aromatic nitrogens is 1. The lowest BCUT2D eigenvalue weighted by Gasteiger charge is -2.07. The number of hydrogen-bond acceptors (Lipinski definition) is 3. The first kappa shape index (κ1) is 12.2. The fraction of sp³-hybridized carbons (Fsp3) is 0.0769. The third kappa shape index (κ3) is 2.07. The monoisotopic (exact) mass is 249 g/mol. The minimum atomic E-state index is -1.05. The Bertz CT molecular complexity index is 585. The lowest BCUT2D eigenvalue weighted by molar-refractivity contribution is 0.0590. The zero-order chi connectivity index (χ0) is 13.1. The maximum Gasteiger partial charge on any atom is 0.343 e. The average Bonchev–Trinajstić information content (AvgIpc) is 2.39. The highest BCUT2D eigenvalue weighted by Crippen LogP contribution is 2.25. The van der Waals surface area contributed by atoms with Crippen LogP contribution in [0.5, 0.6) is 0 Å². The van der Waals surface area contributed by atoms with Crippen molar-refractivity contribution in [2.24, 2.45) is 0 Å². The smallest absolute Gasteiger partial charge is 0.343 e. The fourth-order valence-electron chi connectivity index (χ4n) is 1.56. The molecule has 2 aromatic rings. The third-order valence-electron chi connectivity index (χ3n) is 2.42. The molecule has 0 N–H and O–H groups in total. The number of esters is 1. The van der Waals surface area contributed by atoms with Crippen molar-refractivity contribution in [1.29, 1.82) is 0 Å². The van der Waals surface area contributed by atoms with Gasteiger partial charge in [-0.1, -0.05) is 6.07 Å². The summed E-state index contributed by atoms with van der Waals surface area (Å²) in [5, 5.41) is 0. The van der Waals surface area contributed by atoms with Crippen LogP contribution < -0.4 is 0 Å². The molecule has 2 rings (SSSR count). The van der Waals surface area contributed by atoms with E-state index in [-0.39, 0.29) is 5.56 Å². The van der Waals surface area contributed by atoms with E-state index in [0.29, 0.717) is 5.69 Å². The molecule has 5 heteroatoms. The molecule has 0 aliphatic heterocycles. The Morgan fingerprint density at radius 1 is 1.22 bits per heavy atom. The van der Waals surface area contributed by atoms with E-state index in [9.17, 15) is 13.6 Å². The third-order valence-corrected chi connectivity index (χ3v) is 2.42. The molecule has 0 unspecified atom stereocenters. The molecule has 3 nitrogen and oxygen atoms in total. The molecule has 0 atom stereocenters. The van der Waals surface area contributed by atoms with Gasteiger partial charge in [-0.05, 0) is 24.3 Å². The summed E-state index contributed by atoms with van der Waals surface area (Å²) < 4.78 is 31.8. The summed E-state index contributed by atoms with van der Waals surface area (Å²) in [5.41, 5.74) is -0.335. The van der Waals surface area contributed by atoms with E-state index in [1.54, 1.807) is 18.2 Å². The molecule has 1 aromatic heterocycles. The minimum Gasteiger partial charge on any atom is -0.465 e. The number of methoxy groups -OCH3 is 1. The molecule has 1 heterocycles. The quantitative estimate of drug-likeness (QED) is 0.768. The summed E-state index contributed by atoms with van der Waals surface area (Å²) in [6.07, 6.45) is 1.48. The molecule has 0 fully saturated rings. The van der Waals surface area contributed by atoms with Crippen LogP contribution in [0.25, 0.3) is 11.3 Å². The lowest BCUT2D eigenvalue weighted by atomic mass is 10.1. The SMILES string of the molecule is COC(=O)c1c(F)ccc(-c2ccccn2)c1F. The molecule has 0 aliphatic carbocycles. The van der Waals surface area contributed by atoms with Gasteiger partial charge in [-0.25, -0.2) is 13.6 Å². The van der Waals surface area contributed by atoms with Crippen LogP contribution in [0, 0.1) is 11.6 Å².